The summed E-state index contributed by atoms with van der Waals surface area (Å²) in [4.78, 5) is 27.9. The maximum Gasteiger partial charge on any atom is 0.264 e. The largest absolute Gasteiger partial charge is 0.325 e. The number of aryl methyl sites for hydroxylation is 1. The number of aromatic nitrogens is 1. The first kappa shape index (κ1) is 22.8. The van der Waals surface area contributed by atoms with Crippen molar-refractivity contribution in [3.05, 3.63) is 47.2 Å². The SMILES string of the molecule is CC(=O)NS(=O)(=O)c1ccc(NC(=O)CSc2nc3c(cc2C#N)CC(C)CC3)cc1. The molecule has 2 amide bonds. The second kappa shape index (κ2) is 9.49. The first-order chi connectivity index (χ1) is 14.7. The quantitative estimate of drug-likeness (QED) is 0.637. The molecular formula is C21H22N4O4S2. The van der Waals surface area contributed by atoms with E-state index in [-0.39, 0.29) is 16.6 Å². The number of anilines is 1. The van der Waals surface area contributed by atoms with E-state index in [0.29, 0.717) is 22.2 Å². The highest BCUT2D eigenvalue weighted by atomic mass is 32.2. The van der Waals surface area contributed by atoms with Gasteiger partial charge in [-0.25, -0.2) is 18.1 Å². The number of fused-ring (bicyclic) bond motifs is 1. The number of carbonyl (C=O) groups excluding carboxylic acids is 2. The van der Waals surface area contributed by atoms with Gasteiger partial charge in [-0.3, -0.25) is 9.59 Å². The van der Waals surface area contributed by atoms with Gasteiger partial charge in [-0.2, -0.15) is 5.26 Å². The summed E-state index contributed by atoms with van der Waals surface area (Å²) in [6.07, 6.45) is 2.84. The number of carbonyl (C=O) groups is 2. The molecule has 31 heavy (non-hydrogen) atoms. The van der Waals surface area contributed by atoms with E-state index < -0.39 is 15.9 Å². The Hall–Kier alpha value is -2.90. The minimum absolute atomic E-state index is 0.0583. The van der Waals surface area contributed by atoms with E-state index in [1.807, 2.05) is 10.8 Å². The maximum absolute atomic E-state index is 12.3. The minimum atomic E-state index is -3.93. The van der Waals surface area contributed by atoms with E-state index in [1.54, 1.807) is 0 Å². The summed E-state index contributed by atoms with van der Waals surface area (Å²) in [5, 5.41) is 12.7. The van der Waals surface area contributed by atoms with Gasteiger partial charge < -0.3 is 5.32 Å². The molecule has 0 saturated carbocycles. The van der Waals surface area contributed by atoms with Gasteiger partial charge in [0.05, 0.1) is 16.2 Å². The van der Waals surface area contributed by atoms with Crippen molar-refractivity contribution in [2.24, 2.45) is 5.92 Å². The molecule has 0 spiro atoms. The molecule has 1 heterocycles. The zero-order valence-electron chi connectivity index (χ0n) is 17.1. The lowest BCUT2D eigenvalue weighted by Gasteiger charge is -2.21. The number of benzene rings is 1. The molecule has 1 aromatic heterocycles. The number of hydrogen-bond acceptors (Lipinski definition) is 7. The zero-order valence-corrected chi connectivity index (χ0v) is 18.8. The zero-order chi connectivity index (χ0) is 22.6. The van der Waals surface area contributed by atoms with Crippen LogP contribution in [0.15, 0.2) is 40.3 Å². The van der Waals surface area contributed by atoms with Crippen LogP contribution < -0.4 is 10.0 Å². The lowest BCUT2D eigenvalue weighted by atomic mass is 9.87. The van der Waals surface area contributed by atoms with Gasteiger partial charge >= 0.3 is 0 Å². The molecule has 0 aliphatic heterocycles. The molecule has 10 heteroatoms. The van der Waals surface area contributed by atoms with E-state index >= 15 is 0 Å². The van der Waals surface area contributed by atoms with Gasteiger partial charge in [0, 0.05) is 18.3 Å². The third kappa shape index (κ3) is 5.83. The molecule has 8 nitrogen and oxygen atoms in total. The van der Waals surface area contributed by atoms with Crippen molar-refractivity contribution >= 4 is 39.3 Å². The topological polar surface area (TPSA) is 129 Å². The second-order valence-electron chi connectivity index (χ2n) is 7.43. The normalized spacial score (nSPS) is 15.5. The highest BCUT2D eigenvalue weighted by Crippen LogP contribution is 2.29. The van der Waals surface area contributed by atoms with Crippen molar-refractivity contribution in [2.45, 2.75) is 43.0 Å². The Balaban J connectivity index is 1.63. The molecule has 0 fully saturated rings. The van der Waals surface area contributed by atoms with Gasteiger partial charge in [-0.05, 0) is 61.1 Å². The predicted molar refractivity (Wildman–Crippen MR) is 117 cm³/mol. The third-order valence-corrected chi connectivity index (χ3v) is 7.23. The molecule has 1 aliphatic rings. The number of hydrogen-bond donors (Lipinski definition) is 2. The Morgan fingerprint density at radius 1 is 1.29 bits per heavy atom. The number of nitrogens with zero attached hydrogens (tertiary/aromatic N) is 2. The monoisotopic (exact) mass is 458 g/mol. The van der Waals surface area contributed by atoms with Crippen molar-refractivity contribution in [3.63, 3.8) is 0 Å². The van der Waals surface area contributed by atoms with Crippen LogP contribution in [0.3, 0.4) is 0 Å². The van der Waals surface area contributed by atoms with Crippen molar-refractivity contribution in [2.75, 3.05) is 11.1 Å². The van der Waals surface area contributed by atoms with Crippen LogP contribution >= 0.6 is 11.8 Å². The van der Waals surface area contributed by atoms with E-state index in [2.05, 4.69) is 23.3 Å². The van der Waals surface area contributed by atoms with E-state index in [4.69, 9.17) is 0 Å². The van der Waals surface area contributed by atoms with Crippen molar-refractivity contribution in [1.29, 1.82) is 5.26 Å². The number of sulfonamides is 1. The van der Waals surface area contributed by atoms with Crippen LogP contribution in [0.1, 0.15) is 37.1 Å². The average Bonchev–Trinajstić information content (AvgIpc) is 2.71. The Morgan fingerprint density at radius 2 is 2.00 bits per heavy atom. The molecule has 1 unspecified atom stereocenters. The van der Waals surface area contributed by atoms with Gasteiger partial charge in [0.15, 0.2) is 0 Å². The van der Waals surface area contributed by atoms with Crippen LogP contribution in [0.2, 0.25) is 0 Å². The first-order valence-electron chi connectivity index (χ1n) is 9.67. The van der Waals surface area contributed by atoms with Gasteiger partial charge in [-0.15, -0.1) is 0 Å². The van der Waals surface area contributed by atoms with Gasteiger partial charge in [0.1, 0.15) is 11.1 Å². The number of amides is 2. The number of nitriles is 1. The highest BCUT2D eigenvalue weighted by molar-refractivity contribution is 8.00. The lowest BCUT2D eigenvalue weighted by Crippen LogP contribution is -2.28. The smallest absolute Gasteiger partial charge is 0.264 e. The van der Waals surface area contributed by atoms with E-state index in [0.717, 1.165) is 37.4 Å². The summed E-state index contributed by atoms with van der Waals surface area (Å²) >= 11 is 1.20. The van der Waals surface area contributed by atoms with Crippen LogP contribution in [-0.4, -0.2) is 31.0 Å². The Morgan fingerprint density at radius 3 is 2.65 bits per heavy atom. The molecule has 3 rings (SSSR count). The Labute approximate surface area is 185 Å². The molecule has 162 valence electrons. The van der Waals surface area contributed by atoms with Gasteiger partial charge in [0.25, 0.3) is 10.0 Å². The van der Waals surface area contributed by atoms with Crippen molar-refractivity contribution in [1.82, 2.24) is 9.71 Å². The van der Waals surface area contributed by atoms with Crippen LogP contribution in [0, 0.1) is 17.2 Å². The molecule has 1 aromatic carbocycles. The fraction of sp³-hybridized carbons (Fsp3) is 0.333. The summed E-state index contributed by atoms with van der Waals surface area (Å²) in [5.74, 6) is -0.358. The number of pyridine rings is 1. The molecule has 0 radical (unpaired) electrons. The number of rotatable bonds is 6. The van der Waals surface area contributed by atoms with Crippen LogP contribution in [-0.2, 0) is 32.5 Å². The summed E-state index contributed by atoms with van der Waals surface area (Å²) in [6, 6.07) is 9.53. The molecule has 1 atom stereocenters. The predicted octanol–water partition coefficient (Wildman–Crippen LogP) is 2.63. The molecule has 1 aliphatic carbocycles. The minimum Gasteiger partial charge on any atom is -0.325 e. The Bertz CT molecular complexity index is 1160. The van der Waals surface area contributed by atoms with Crippen LogP contribution in [0.4, 0.5) is 5.69 Å². The fourth-order valence-electron chi connectivity index (χ4n) is 3.31. The summed E-state index contributed by atoms with van der Waals surface area (Å²) in [5.41, 5.74) is 2.99. The molecule has 2 aromatic rings. The number of thioether (sulfide) groups is 1. The highest BCUT2D eigenvalue weighted by Gasteiger charge is 2.20. The lowest BCUT2D eigenvalue weighted by molar-refractivity contribution is -0.117. The van der Waals surface area contributed by atoms with Crippen LogP contribution in [0.25, 0.3) is 0 Å². The second-order valence-corrected chi connectivity index (χ2v) is 10.1. The van der Waals surface area contributed by atoms with Crippen LogP contribution in [0.5, 0.6) is 0 Å². The van der Waals surface area contributed by atoms with Gasteiger partial charge in [0.2, 0.25) is 11.8 Å². The molecule has 0 saturated heterocycles. The standard InChI is InChI=1S/C21H22N4O4S2/c1-13-3-8-19-15(9-13)10-16(11-22)21(24-19)30-12-20(27)23-17-4-6-18(7-5-17)31(28,29)25-14(2)26/h4-7,10,13H,3,8-9,12H2,1-2H3,(H,23,27)(H,25,26). The third-order valence-electron chi connectivity index (χ3n) is 4.79. The summed E-state index contributed by atoms with van der Waals surface area (Å²) in [6.45, 7) is 3.29. The molecule has 2 N–H and O–H groups in total. The average molecular weight is 459 g/mol. The first-order valence-corrected chi connectivity index (χ1v) is 12.1. The fourth-order valence-corrected chi connectivity index (χ4v) is 5.08. The maximum atomic E-state index is 12.3. The van der Waals surface area contributed by atoms with Crippen molar-refractivity contribution in [3.8, 4) is 6.07 Å². The number of nitrogens with one attached hydrogen (secondary N) is 2. The molecule has 0 bridgehead atoms. The summed E-state index contributed by atoms with van der Waals surface area (Å²) in [7, 11) is -3.93. The van der Waals surface area contributed by atoms with E-state index in [9.17, 15) is 23.3 Å². The molecular weight excluding hydrogens is 436 g/mol. The van der Waals surface area contributed by atoms with Crippen molar-refractivity contribution < 1.29 is 18.0 Å². The Kier molecular flexibility index (Phi) is 6.97. The summed E-state index contributed by atoms with van der Waals surface area (Å²) < 4.78 is 25.8. The van der Waals surface area contributed by atoms with E-state index in [1.165, 1.54) is 36.0 Å². The van der Waals surface area contributed by atoms with Gasteiger partial charge in [-0.1, -0.05) is 18.7 Å².